The molecule has 1 aliphatic heterocycles. The van der Waals surface area contributed by atoms with E-state index in [2.05, 4.69) is 57.4 Å². The van der Waals surface area contributed by atoms with Crippen molar-refractivity contribution in [2.45, 2.75) is 38.8 Å². The van der Waals surface area contributed by atoms with E-state index in [1.165, 1.54) is 0 Å². The molecule has 172 valence electrons. The summed E-state index contributed by atoms with van der Waals surface area (Å²) < 4.78 is 5.24. The largest absolute Gasteiger partial charge is 0.508 e. The zero-order valence-corrected chi connectivity index (χ0v) is 19.2. The quantitative estimate of drug-likeness (QED) is 0.361. The normalized spacial score (nSPS) is 18.7. The maximum atomic E-state index is 9.87. The van der Waals surface area contributed by atoms with E-state index in [-0.39, 0.29) is 5.75 Å². The molecular formula is C25H30N6O2. The number of aromatic amines is 2. The Labute approximate surface area is 193 Å². The van der Waals surface area contributed by atoms with Gasteiger partial charge in [-0.2, -0.15) is 5.10 Å². The summed E-state index contributed by atoms with van der Waals surface area (Å²) in [5.41, 5.74) is 5.96. The number of aryl methyl sites for hydroxylation is 2. The third-order valence-electron chi connectivity index (χ3n) is 6.13. The summed E-state index contributed by atoms with van der Waals surface area (Å²) in [5, 5.41) is 21.1. The average molecular weight is 447 g/mol. The molecule has 0 aliphatic carbocycles. The van der Waals surface area contributed by atoms with E-state index in [1.807, 2.05) is 12.1 Å². The minimum Gasteiger partial charge on any atom is -0.508 e. The number of fused-ring (bicyclic) bond motifs is 1. The van der Waals surface area contributed by atoms with Crippen molar-refractivity contribution in [1.29, 1.82) is 0 Å². The van der Waals surface area contributed by atoms with Crippen molar-refractivity contribution in [2.75, 3.05) is 25.1 Å². The van der Waals surface area contributed by atoms with Gasteiger partial charge in [-0.15, -0.1) is 0 Å². The van der Waals surface area contributed by atoms with Gasteiger partial charge in [0.05, 0.1) is 18.3 Å². The first-order chi connectivity index (χ1) is 16.0. The number of anilines is 1. The molecule has 2 aromatic carbocycles. The number of phenols is 1. The van der Waals surface area contributed by atoms with Crippen LogP contribution in [0.1, 0.15) is 25.1 Å². The fourth-order valence-corrected chi connectivity index (χ4v) is 4.71. The Hall–Kier alpha value is -3.52. The highest BCUT2D eigenvalue weighted by atomic mass is 16.5. The van der Waals surface area contributed by atoms with E-state index in [0.29, 0.717) is 17.8 Å². The molecule has 0 radical (unpaired) electrons. The minimum absolute atomic E-state index is 0.209. The van der Waals surface area contributed by atoms with Gasteiger partial charge in [0.25, 0.3) is 0 Å². The molecule has 33 heavy (non-hydrogen) atoms. The minimum atomic E-state index is 0.209. The van der Waals surface area contributed by atoms with Crippen molar-refractivity contribution >= 4 is 16.7 Å². The van der Waals surface area contributed by atoms with Crippen LogP contribution in [0.4, 0.5) is 5.69 Å². The standard InChI is InChI=1S/C25H30N6O2/c1-15-13-31(14-16(2)26-15)23-6-4-5-21-24(23)28-25(27-21)22-11-18(29-30-22)8-7-17-9-19(32)12-20(10-17)33-3/h4-6,9-12,15-16,26,32H,7-8,13-14H2,1-3H3,(H,27,28)(H,29,30)/t15-,16+. The number of para-hydroxylation sites is 1. The highest BCUT2D eigenvalue weighted by molar-refractivity contribution is 5.91. The molecule has 0 bridgehead atoms. The highest BCUT2D eigenvalue weighted by Crippen LogP contribution is 2.29. The van der Waals surface area contributed by atoms with E-state index in [9.17, 15) is 5.11 Å². The molecule has 8 heteroatoms. The number of aromatic nitrogens is 4. The van der Waals surface area contributed by atoms with Crippen molar-refractivity contribution < 1.29 is 9.84 Å². The lowest BCUT2D eigenvalue weighted by atomic mass is 10.1. The van der Waals surface area contributed by atoms with Crippen LogP contribution in [0.15, 0.2) is 42.5 Å². The molecule has 1 fully saturated rings. The van der Waals surface area contributed by atoms with Gasteiger partial charge in [-0.05, 0) is 62.6 Å². The Kier molecular flexibility index (Phi) is 5.68. The van der Waals surface area contributed by atoms with E-state index in [0.717, 1.165) is 65.4 Å². The van der Waals surface area contributed by atoms with Crippen molar-refractivity contribution in [2.24, 2.45) is 0 Å². The Bertz CT molecular complexity index is 1250. The Morgan fingerprint density at radius 1 is 1.09 bits per heavy atom. The smallest absolute Gasteiger partial charge is 0.159 e. The van der Waals surface area contributed by atoms with Crippen LogP contribution in [0.25, 0.3) is 22.6 Å². The molecule has 0 saturated carbocycles. The van der Waals surface area contributed by atoms with Crippen LogP contribution in [0.2, 0.25) is 0 Å². The number of methoxy groups -OCH3 is 1. The summed E-state index contributed by atoms with van der Waals surface area (Å²) in [5.74, 6) is 1.62. The number of rotatable bonds is 6. The van der Waals surface area contributed by atoms with Crippen LogP contribution in [0.5, 0.6) is 11.5 Å². The molecule has 2 atom stereocenters. The summed E-state index contributed by atoms with van der Waals surface area (Å²) in [6.45, 7) is 6.35. The Balaban J connectivity index is 1.36. The number of hydrogen-bond acceptors (Lipinski definition) is 6. The number of aromatic hydroxyl groups is 1. The van der Waals surface area contributed by atoms with Crippen molar-refractivity contribution in [3.63, 3.8) is 0 Å². The van der Waals surface area contributed by atoms with Crippen LogP contribution in [0.3, 0.4) is 0 Å². The number of nitrogens with one attached hydrogen (secondary N) is 3. The van der Waals surface area contributed by atoms with Crippen molar-refractivity contribution in [3.05, 3.63) is 53.7 Å². The lowest BCUT2D eigenvalue weighted by Gasteiger charge is -2.37. The van der Waals surface area contributed by atoms with Gasteiger partial charge in [0.2, 0.25) is 0 Å². The molecule has 0 unspecified atom stereocenters. The van der Waals surface area contributed by atoms with Gasteiger partial charge >= 0.3 is 0 Å². The van der Waals surface area contributed by atoms with Crippen LogP contribution in [0, 0.1) is 0 Å². The number of phenolic OH excluding ortho intramolecular Hbond substituents is 1. The van der Waals surface area contributed by atoms with Gasteiger partial charge < -0.3 is 25.0 Å². The molecule has 0 spiro atoms. The van der Waals surface area contributed by atoms with E-state index >= 15 is 0 Å². The summed E-state index contributed by atoms with van der Waals surface area (Å²) in [6, 6.07) is 14.5. The first-order valence-corrected chi connectivity index (χ1v) is 11.4. The molecular weight excluding hydrogens is 416 g/mol. The van der Waals surface area contributed by atoms with E-state index in [1.54, 1.807) is 19.2 Å². The van der Waals surface area contributed by atoms with Crippen molar-refractivity contribution in [1.82, 2.24) is 25.5 Å². The van der Waals surface area contributed by atoms with E-state index in [4.69, 9.17) is 9.72 Å². The van der Waals surface area contributed by atoms with Crippen LogP contribution in [-0.4, -0.2) is 57.6 Å². The summed E-state index contributed by atoms with van der Waals surface area (Å²) in [6.07, 6.45) is 1.53. The Morgan fingerprint density at radius 3 is 2.70 bits per heavy atom. The number of hydrogen-bond donors (Lipinski definition) is 4. The predicted octanol–water partition coefficient (Wildman–Crippen LogP) is 3.64. The van der Waals surface area contributed by atoms with Gasteiger partial charge in [-0.3, -0.25) is 5.10 Å². The summed E-state index contributed by atoms with van der Waals surface area (Å²) in [7, 11) is 1.60. The zero-order chi connectivity index (χ0) is 22.9. The fraction of sp³-hybridized carbons (Fsp3) is 0.360. The van der Waals surface area contributed by atoms with Crippen LogP contribution >= 0.6 is 0 Å². The second kappa shape index (κ2) is 8.78. The topological polar surface area (TPSA) is 102 Å². The fourth-order valence-electron chi connectivity index (χ4n) is 4.71. The van der Waals surface area contributed by atoms with Gasteiger partial charge in [0, 0.05) is 36.9 Å². The first kappa shape index (κ1) is 21.3. The molecule has 4 aromatic rings. The molecule has 8 nitrogen and oxygen atoms in total. The number of piperazine rings is 1. The highest BCUT2D eigenvalue weighted by Gasteiger charge is 2.23. The third kappa shape index (κ3) is 4.52. The van der Waals surface area contributed by atoms with Crippen molar-refractivity contribution in [3.8, 4) is 23.0 Å². The monoisotopic (exact) mass is 446 g/mol. The van der Waals surface area contributed by atoms with E-state index < -0.39 is 0 Å². The van der Waals surface area contributed by atoms with Gasteiger partial charge in [0.15, 0.2) is 5.82 Å². The SMILES string of the molecule is COc1cc(O)cc(CCc2cc(-c3nc4c(N5C[C@@H](C)N[C@@H](C)C5)cccc4[nH]3)n[nH]2)c1. The maximum Gasteiger partial charge on any atom is 0.159 e. The lowest BCUT2D eigenvalue weighted by Crippen LogP contribution is -2.54. The first-order valence-electron chi connectivity index (χ1n) is 11.4. The molecule has 4 N–H and O–H groups in total. The van der Waals surface area contributed by atoms with Gasteiger partial charge in [-0.1, -0.05) is 6.07 Å². The lowest BCUT2D eigenvalue weighted by molar-refractivity contribution is 0.406. The van der Waals surface area contributed by atoms with Gasteiger partial charge in [0.1, 0.15) is 22.7 Å². The number of benzene rings is 2. The maximum absolute atomic E-state index is 9.87. The summed E-state index contributed by atoms with van der Waals surface area (Å²) in [4.78, 5) is 10.8. The molecule has 3 heterocycles. The van der Waals surface area contributed by atoms with Crippen LogP contribution in [-0.2, 0) is 12.8 Å². The molecule has 5 rings (SSSR count). The van der Waals surface area contributed by atoms with Gasteiger partial charge in [-0.25, -0.2) is 4.98 Å². The number of imidazole rings is 1. The average Bonchev–Trinajstić information content (AvgIpc) is 3.43. The molecule has 1 saturated heterocycles. The van der Waals surface area contributed by atoms with Crippen LogP contribution < -0.4 is 15.0 Å². The predicted molar refractivity (Wildman–Crippen MR) is 130 cm³/mol. The second-order valence-electron chi connectivity index (χ2n) is 8.95. The zero-order valence-electron chi connectivity index (χ0n) is 19.2. The third-order valence-corrected chi connectivity index (χ3v) is 6.13. The number of H-pyrrole nitrogens is 2. The molecule has 1 aliphatic rings. The number of ether oxygens (including phenoxy) is 1. The number of nitrogens with zero attached hydrogens (tertiary/aromatic N) is 3. The Morgan fingerprint density at radius 2 is 1.91 bits per heavy atom. The molecule has 2 aromatic heterocycles. The molecule has 0 amide bonds. The summed E-state index contributed by atoms with van der Waals surface area (Å²) >= 11 is 0. The second-order valence-corrected chi connectivity index (χ2v) is 8.95.